The van der Waals surface area contributed by atoms with Crippen LogP contribution in [0.5, 0.6) is 0 Å². The highest BCUT2D eigenvalue weighted by Gasteiger charge is 2.26. The highest BCUT2D eigenvalue weighted by Crippen LogP contribution is 2.10. The lowest BCUT2D eigenvalue weighted by molar-refractivity contribution is 0.142. The average Bonchev–Trinajstić information content (AvgIpc) is 2.32. The molecule has 0 saturated carbocycles. The lowest BCUT2D eigenvalue weighted by Gasteiger charge is -2.40. The first-order valence-electron chi connectivity index (χ1n) is 7.47. The van der Waals surface area contributed by atoms with Crippen LogP contribution in [0.2, 0.25) is 0 Å². The number of rotatable bonds is 8. The smallest absolute Gasteiger partial charge is 0.0997 e. The Kier molecular flexibility index (Phi) is 7.45. The maximum absolute atomic E-state index is 4.43. The Morgan fingerprint density at radius 3 is 2.65 bits per heavy atom. The standard InChI is InChI=1S/C15H30N4S/c1-6-14(16-12-17-15(3,4)5)18-13-10-19(11-13)8-9-20-7-2/h6,12-13,18H,7-11H2,1-5H3,(H,16,17)/b14-6+. The monoisotopic (exact) mass is 298 g/mol. The number of thioether (sulfide) groups is 1. The predicted octanol–water partition coefficient (Wildman–Crippen LogP) is 2.29. The van der Waals surface area contributed by atoms with Crippen molar-refractivity contribution in [2.24, 2.45) is 4.99 Å². The van der Waals surface area contributed by atoms with E-state index in [0.29, 0.717) is 6.04 Å². The molecule has 2 N–H and O–H groups in total. The van der Waals surface area contributed by atoms with Crippen molar-refractivity contribution in [3.05, 3.63) is 11.9 Å². The van der Waals surface area contributed by atoms with Crippen molar-refractivity contribution in [3.8, 4) is 0 Å². The number of hydrogen-bond acceptors (Lipinski definition) is 4. The van der Waals surface area contributed by atoms with Crippen molar-refractivity contribution in [1.29, 1.82) is 0 Å². The zero-order chi connectivity index (χ0) is 15.0. The van der Waals surface area contributed by atoms with E-state index in [4.69, 9.17) is 0 Å². The Hall–Kier alpha value is -0.680. The van der Waals surface area contributed by atoms with Crippen LogP contribution in [0.1, 0.15) is 34.6 Å². The molecule has 1 aliphatic rings. The number of hydrogen-bond donors (Lipinski definition) is 2. The molecule has 1 heterocycles. The van der Waals surface area contributed by atoms with E-state index in [-0.39, 0.29) is 5.54 Å². The lowest BCUT2D eigenvalue weighted by atomic mass is 10.1. The highest BCUT2D eigenvalue weighted by molar-refractivity contribution is 7.99. The van der Waals surface area contributed by atoms with E-state index in [0.717, 1.165) is 18.9 Å². The molecule has 4 nitrogen and oxygen atoms in total. The number of aliphatic imine (C=N–C) groups is 1. The van der Waals surface area contributed by atoms with Gasteiger partial charge in [-0.3, -0.25) is 9.89 Å². The van der Waals surface area contributed by atoms with Gasteiger partial charge in [0.2, 0.25) is 0 Å². The van der Waals surface area contributed by atoms with Gasteiger partial charge in [-0.05, 0) is 39.5 Å². The van der Waals surface area contributed by atoms with Crippen molar-refractivity contribution in [1.82, 2.24) is 15.5 Å². The second-order valence-electron chi connectivity index (χ2n) is 6.07. The lowest BCUT2D eigenvalue weighted by Crippen LogP contribution is -2.58. The van der Waals surface area contributed by atoms with Gasteiger partial charge in [0.25, 0.3) is 0 Å². The molecule has 0 radical (unpaired) electrons. The van der Waals surface area contributed by atoms with Gasteiger partial charge in [0.05, 0.1) is 23.7 Å². The fraction of sp³-hybridized carbons (Fsp3) is 0.800. The van der Waals surface area contributed by atoms with Crippen LogP contribution in [0.3, 0.4) is 0 Å². The van der Waals surface area contributed by atoms with E-state index in [1.807, 2.05) is 18.7 Å². The molecular formula is C15H30N4S. The van der Waals surface area contributed by atoms with Crippen LogP contribution in [-0.4, -0.2) is 54.0 Å². The number of nitrogens with one attached hydrogen (secondary N) is 2. The SMILES string of the molecule is C/C=C(\NC=NC(C)(C)C)NC1CN(CCSCC)C1. The predicted molar refractivity (Wildman–Crippen MR) is 91.5 cm³/mol. The van der Waals surface area contributed by atoms with Gasteiger partial charge in [0, 0.05) is 25.4 Å². The fourth-order valence-electron chi connectivity index (χ4n) is 1.91. The Bertz CT molecular complexity index is 327. The fourth-order valence-corrected chi connectivity index (χ4v) is 2.58. The summed E-state index contributed by atoms with van der Waals surface area (Å²) in [7, 11) is 0. The molecule has 1 fully saturated rings. The second-order valence-corrected chi connectivity index (χ2v) is 7.47. The van der Waals surface area contributed by atoms with Gasteiger partial charge < -0.3 is 10.6 Å². The number of allylic oxidation sites excluding steroid dienone is 1. The zero-order valence-corrected chi connectivity index (χ0v) is 14.4. The molecule has 1 aliphatic heterocycles. The molecular weight excluding hydrogens is 268 g/mol. The third-order valence-electron chi connectivity index (χ3n) is 3.03. The van der Waals surface area contributed by atoms with Gasteiger partial charge in [-0.25, -0.2) is 0 Å². The van der Waals surface area contributed by atoms with E-state index in [9.17, 15) is 0 Å². The van der Waals surface area contributed by atoms with Gasteiger partial charge >= 0.3 is 0 Å². The third kappa shape index (κ3) is 7.20. The molecule has 5 heteroatoms. The molecule has 0 aliphatic carbocycles. The second kappa shape index (κ2) is 8.57. The first-order chi connectivity index (χ1) is 9.44. The molecule has 0 aromatic carbocycles. The average molecular weight is 299 g/mol. The summed E-state index contributed by atoms with van der Waals surface area (Å²) in [4.78, 5) is 6.93. The summed E-state index contributed by atoms with van der Waals surface area (Å²) >= 11 is 2.02. The zero-order valence-electron chi connectivity index (χ0n) is 13.6. The summed E-state index contributed by atoms with van der Waals surface area (Å²) in [6.45, 7) is 14.0. The Labute approximate surface area is 128 Å². The molecule has 0 aromatic rings. The molecule has 0 amide bonds. The minimum absolute atomic E-state index is 0.0317. The molecule has 1 saturated heterocycles. The van der Waals surface area contributed by atoms with Gasteiger partial charge in [-0.15, -0.1) is 0 Å². The number of nitrogens with zero attached hydrogens (tertiary/aromatic N) is 2. The molecule has 0 bridgehead atoms. The van der Waals surface area contributed by atoms with Gasteiger partial charge in [0.1, 0.15) is 0 Å². The van der Waals surface area contributed by atoms with Crippen LogP contribution in [0, 0.1) is 0 Å². The summed E-state index contributed by atoms with van der Waals surface area (Å²) < 4.78 is 0. The van der Waals surface area contributed by atoms with Gasteiger partial charge in [0.15, 0.2) is 0 Å². The van der Waals surface area contributed by atoms with E-state index >= 15 is 0 Å². The van der Waals surface area contributed by atoms with Crippen LogP contribution in [-0.2, 0) is 0 Å². The maximum atomic E-state index is 4.43. The number of likely N-dealkylation sites (tertiary alicyclic amines) is 1. The van der Waals surface area contributed by atoms with Gasteiger partial charge in [-0.2, -0.15) is 11.8 Å². The first-order valence-corrected chi connectivity index (χ1v) is 8.63. The van der Waals surface area contributed by atoms with E-state index in [1.54, 1.807) is 6.34 Å². The first kappa shape index (κ1) is 17.4. The topological polar surface area (TPSA) is 39.7 Å². The van der Waals surface area contributed by atoms with Crippen LogP contribution in [0.15, 0.2) is 16.9 Å². The Morgan fingerprint density at radius 1 is 1.40 bits per heavy atom. The molecule has 20 heavy (non-hydrogen) atoms. The Balaban J connectivity index is 2.19. The highest BCUT2D eigenvalue weighted by atomic mass is 32.2. The van der Waals surface area contributed by atoms with E-state index in [1.165, 1.54) is 18.1 Å². The van der Waals surface area contributed by atoms with Crippen molar-refractivity contribution < 1.29 is 0 Å². The van der Waals surface area contributed by atoms with Crippen molar-refractivity contribution in [2.75, 3.05) is 31.1 Å². The van der Waals surface area contributed by atoms with E-state index < -0.39 is 0 Å². The van der Waals surface area contributed by atoms with Gasteiger partial charge in [-0.1, -0.05) is 6.92 Å². The normalized spacial score (nSPS) is 18.4. The molecule has 0 aromatic heterocycles. The minimum Gasteiger partial charge on any atom is -0.367 e. The minimum atomic E-state index is -0.0317. The van der Waals surface area contributed by atoms with Crippen molar-refractivity contribution in [3.63, 3.8) is 0 Å². The molecule has 0 unspecified atom stereocenters. The van der Waals surface area contributed by atoms with Crippen molar-refractivity contribution >= 4 is 18.1 Å². The summed E-state index contributed by atoms with van der Waals surface area (Å²) in [6, 6.07) is 0.559. The summed E-state index contributed by atoms with van der Waals surface area (Å²) in [5.74, 6) is 3.51. The summed E-state index contributed by atoms with van der Waals surface area (Å²) in [6.07, 6.45) is 3.85. The van der Waals surface area contributed by atoms with Crippen LogP contribution in [0.25, 0.3) is 0 Å². The summed E-state index contributed by atoms with van der Waals surface area (Å²) in [5.41, 5.74) is -0.0317. The van der Waals surface area contributed by atoms with Crippen LogP contribution >= 0.6 is 11.8 Å². The van der Waals surface area contributed by atoms with Crippen molar-refractivity contribution in [2.45, 2.75) is 46.2 Å². The molecule has 0 atom stereocenters. The largest absolute Gasteiger partial charge is 0.367 e. The molecule has 1 rings (SSSR count). The summed E-state index contributed by atoms with van der Waals surface area (Å²) in [5, 5.41) is 6.75. The maximum Gasteiger partial charge on any atom is 0.0997 e. The Morgan fingerprint density at radius 2 is 2.10 bits per heavy atom. The third-order valence-corrected chi connectivity index (χ3v) is 3.91. The van der Waals surface area contributed by atoms with Crippen LogP contribution in [0.4, 0.5) is 0 Å². The quantitative estimate of drug-likeness (QED) is 0.410. The molecule has 0 spiro atoms. The molecule has 116 valence electrons. The van der Waals surface area contributed by atoms with Crippen LogP contribution < -0.4 is 10.6 Å². The van der Waals surface area contributed by atoms with E-state index in [2.05, 4.69) is 54.3 Å².